The van der Waals surface area contributed by atoms with Gasteiger partial charge in [-0.25, -0.2) is 4.68 Å². The summed E-state index contributed by atoms with van der Waals surface area (Å²) < 4.78 is 8.81. The molecule has 6 nitrogen and oxygen atoms in total. The van der Waals surface area contributed by atoms with Crippen LogP contribution < -0.4 is 15.6 Å². The van der Waals surface area contributed by atoms with E-state index in [-0.39, 0.29) is 11.5 Å². The maximum absolute atomic E-state index is 13.2. The summed E-state index contributed by atoms with van der Waals surface area (Å²) in [4.78, 5) is 26.1. The van der Waals surface area contributed by atoms with E-state index in [4.69, 9.17) is 4.74 Å². The maximum atomic E-state index is 13.2. The summed E-state index contributed by atoms with van der Waals surface area (Å²) in [6, 6.07) is 14.6. The highest BCUT2D eigenvalue weighted by Gasteiger charge is 2.22. The number of benzene rings is 2. The first-order valence-corrected chi connectivity index (χ1v) is 10.7. The van der Waals surface area contributed by atoms with Crippen LogP contribution in [-0.2, 0) is 11.3 Å². The minimum Gasteiger partial charge on any atom is -0.494 e. The number of para-hydroxylation sites is 1. The van der Waals surface area contributed by atoms with Gasteiger partial charge in [-0.3, -0.25) is 9.59 Å². The minimum atomic E-state index is -0.737. The molecule has 154 valence electrons. The Balaban J connectivity index is 1.64. The summed E-state index contributed by atoms with van der Waals surface area (Å²) in [6.45, 7) is 6.35. The molecule has 0 aliphatic carbocycles. The molecule has 2 aromatic carbocycles. The van der Waals surface area contributed by atoms with Gasteiger partial charge in [0.25, 0.3) is 5.56 Å². The van der Waals surface area contributed by atoms with Gasteiger partial charge in [0.05, 0.1) is 22.4 Å². The van der Waals surface area contributed by atoms with Crippen LogP contribution in [0.4, 0.5) is 0 Å². The van der Waals surface area contributed by atoms with Gasteiger partial charge in [0.2, 0.25) is 5.91 Å². The number of amides is 1. The molecule has 0 unspecified atom stereocenters. The first-order valence-electron chi connectivity index (χ1n) is 9.90. The Morgan fingerprint density at radius 1 is 1.20 bits per heavy atom. The lowest BCUT2D eigenvalue weighted by molar-refractivity contribution is -0.124. The molecule has 2 aromatic heterocycles. The number of hydrogen-bond acceptors (Lipinski definition) is 5. The molecule has 0 aliphatic heterocycles. The van der Waals surface area contributed by atoms with Gasteiger partial charge in [0.15, 0.2) is 0 Å². The predicted octanol–water partition coefficient (Wildman–Crippen LogP) is 4.20. The molecular weight excluding hydrogens is 398 g/mol. The zero-order valence-corrected chi connectivity index (χ0v) is 18.0. The van der Waals surface area contributed by atoms with Crippen molar-refractivity contribution in [1.82, 2.24) is 15.1 Å². The number of ether oxygens (including phenoxy) is 1. The van der Waals surface area contributed by atoms with Crippen LogP contribution in [0.5, 0.6) is 5.75 Å². The molecule has 1 amide bonds. The number of aryl methyl sites for hydroxylation is 1. The van der Waals surface area contributed by atoms with Gasteiger partial charge in [0, 0.05) is 22.2 Å². The lowest BCUT2D eigenvalue weighted by Gasteiger charge is -2.16. The molecule has 0 aliphatic rings. The standard InChI is InChI=1S/C23H23N3O3S/c1-4-29-18-11-7-5-9-16(18)13-24-22(27)15(3)26-23(28)20-17-10-6-8-12-19(17)30-21(20)14(2)25-26/h5-12,15H,4,13H2,1-3H3,(H,24,27)/t15-/m0/s1. The van der Waals surface area contributed by atoms with E-state index >= 15 is 0 Å². The highest BCUT2D eigenvalue weighted by atomic mass is 32.1. The summed E-state index contributed by atoms with van der Waals surface area (Å²) >= 11 is 1.55. The summed E-state index contributed by atoms with van der Waals surface area (Å²) in [7, 11) is 0. The quantitative estimate of drug-likeness (QED) is 0.507. The number of carbonyl (C=O) groups is 1. The third-order valence-corrected chi connectivity index (χ3v) is 6.36. The van der Waals surface area contributed by atoms with Crippen molar-refractivity contribution in [3.8, 4) is 5.75 Å². The molecule has 30 heavy (non-hydrogen) atoms. The largest absolute Gasteiger partial charge is 0.494 e. The highest BCUT2D eigenvalue weighted by molar-refractivity contribution is 7.26. The second kappa shape index (κ2) is 8.28. The molecule has 0 fully saturated rings. The van der Waals surface area contributed by atoms with Crippen LogP contribution in [-0.4, -0.2) is 22.3 Å². The van der Waals surface area contributed by atoms with Crippen molar-refractivity contribution in [3.05, 3.63) is 70.1 Å². The Kier molecular flexibility index (Phi) is 5.55. The van der Waals surface area contributed by atoms with Crippen molar-refractivity contribution in [3.63, 3.8) is 0 Å². The van der Waals surface area contributed by atoms with Gasteiger partial charge in [-0.2, -0.15) is 5.10 Å². The van der Waals surface area contributed by atoms with Crippen LogP contribution in [0.15, 0.2) is 53.3 Å². The average Bonchev–Trinajstić information content (AvgIpc) is 3.16. The molecule has 0 saturated carbocycles. The first-order chi connectivity index (χ1) is 14.5. The van der Waals surface area contributed by atoms with Crippen LogP contribution in [0.3, 0.4) is 0 Å². The molecule has 1 atom stereocenters. The Labute approximate surface area is 178 Å². The van der Waals surface area contributed by atoms with Crippen LogP contribution in [0.1, 0.15) is 31.1 Å². The SMILES string of the molecule is CCOc1ccccc1CNC(=O)[C@H](C)n1nc(C)c2sc3ccccc3c2c1=O. The molecule has 0 spiro atoms. The van der Waals surface area contributed by atoms with Crippen molar-refractivity contribution in [2.75, 3.05) is 6.61 Å². The van der Waals surface area contributed by atoms with E-state index in [1.165, 1.54) is 4.68 Å². The van der Waals surface area contributed by atoms with Gasteiger partial charge >= 0.3 is 0 Å². The Bertz CT molecular complexity index is 1290. The van der Waals surface area contributed by atoms with Crippen LogP contribution in [0, 0.1) is 6.92 Å². The highest BCUT2D eigenvalue weighted by Crippen LogP contribution is 2.32. The number of carbonyl (C=O) groups excluding carboxylic acids is 1. The minimum absolute atomic E-state index is 0.245. The van der Waals surface area contributed by atoms with Gasteiger partial charge in [-0.05, 0) is 32.9 Å². The lowest BCUT2D eigenvalue weighted by Crippen LogP contribution is -2.37. The second-order valence-corrected chi connectivity index (χ2v) is 8.12. The topological polar surface area (TPSA) is 73.2 Å². The fourth-order valence-corrected chi connectivity index (χ4v) is 4.66. The number of nitrogens with one attached hydrogen (secondary N) is 1. The summed E-state index contributed by atoms with van der Waals surface area (Å²) in [5, 5.41) is 8.89. The van der Waals surface area contributed by atoms with E-state index < -0.39 is 6.04 Å². The van der Waals surface area contributed by atoms with Crippen LogP contribution in [0.2, 0.25) is 0 Å². The zero-order valence-electron chi connectivity index (χ0n) is 17.1. The van der Waals surface area contributed by atoms with Crippen molar-refractivity contribution in [2.24, 2.45) is 0 Å². The number of aromatic nitrogens is 2. The Morgan fingerprint density at radius 3 is 2.73 bits per heavy atom. The van der Waals surface area contributed by atoms with E-state index in [1.807, 2.05) is 62.4 Å². The fraction of sp³-hybridized carbons (Fsp3) is 0.261. The molecule has 1 N–H and O–H groups in total. The number of hydrogen-bond donors (Lipinski definition) is 1. The van der Waals surface area contributed by atoms with Gasteiger partial charge in [0.1, 0.15) is 11.8 Å². The zero-order chi connectivity index (χ0) is 21.3. The monoisotopic (exact) mass is 421 g/mol. The number of fused-ring (bicyclic) bond motifs is 3. The van der Waals surface area contributed by atoms with Gasteiger partial charge in [-0.1, -0.05) is 36.4 Å². The fourth-order valence-electron chi connectivity index (χ4n) is 3.53. The van der Waals surface area contributed by atoms with Crippen LogP contribution >= 0.6 is 11.3 Å². The van der Waals surface area contributed by atoms with E-state index in [0.29, 0.717) is 18.5 Å². The average molecular weight is 422 g/mol. The van der Waals surface area contributed by atoms with Gasteiger partial charge < -0.3 is 10.1 Å². The van der Waals surface area contributed by atoms with Crippen molar-refractivity contribution >= 4 is 37.4 Å². The van der Waals surface area contributed by atoms with Crippen LogP contribution in [0.25, 0.3) is 20.2 Å². The normalized spacial score (nSPS) is 12.2. The first kappa shape index (κ1) is 20.1. The third kappa shape index (κ3) is 3.57. The molecule has 2 heterocycles. The number of rotatable bonds is 6. The molecule has 4 aromatic rings. The van der Waals surface area contributed by atoms with Crippen molar-refractivity contribution < 1.29 is 9.53 Å². The Morgan fingerprint density at radius 2 is 1.93 bits per heavy atom. The molecular formula is C23H23N3O3S. The number of thiophene rings is 1. The summed E-state index contributed by atoms with van der Waals surface area (Å²) in [6.07, 6.45) is 0. The number of nitrogens with zero attached hydrogens (tertiary/aromatic N) is 2. The third-order valence-electron chi connectivity index (χ3n) is 5.08. The molecule has 0 bridgehead atoms. The van der Waals surface area contributed by atoms with Crippen molar-refractivity contribution in [2.45, 2.75) is 33.4 Å². The lowest BCUT2D eigenvalue weighted by atomic mass is 10.1. The Hall–Kier alpha value is -3.19. The summed E-state index contributed by atoms with van der Waals surface area (Å²) in [5.41, 5.74) is 1.38. The van der Waals surface area contributed by atoms with E-state index in [2.05, 4.69) is 10.4 Å². The predicted molar refractivity (Wildman–Crippen MR) is 120 cm³/mol. The van der Waals surface area contributed by atoms with E-state index in [0.717, 1.165) is 31.8 Å². The van der Waals surface area contributed by atoms with Gasteiger partial charge in [-0.15, -0.1) is 11.3 Å². The molecule has 0 saturated heterocycles. The van der Waals surface area contributed by atoms with E-state index in [9.17, 15) is 9.59 Å². The molecule has 4 rings (SSSR count). The van der Waals surface area contributed by atoms with E-state index in [1.54, 1.807) is 18.3 Å². The molecule has 0 radical (unpaired) electrons. The second-order valence-electron chi connectivity index (χ2n) is 7.07. The smallest absolute Gasteiger partial charge is 0.276 e. The summed E-state index contributed by atoms with van der Waals surface area (Å²) in [5.74, 6) is 0.472. The van der Waals surface area contributed by atoms with Crippen molar-refractivity contribution in [1.29, 1.82) is 0 Å². The molecule has 7 heteroatoms. The maximum Gasteiger partial charge on any atom is 0.276 e.